The number of hydrogen-bond acceptors (Lipinski definition) is 2. The van der Waals surface area contributed by atoms with Crippen molar-refractivity contribution in [2.75, 3.05) is 10.6 Å². The van der Waals surface area contributed by atoms with Crippen molar-refractivity contribution in [3.8, 4) is 0 Å². The summed E-state index contributed by atoms with van der Waals surface area (Å²) in [5.74, 6) is 1.43. The third-order valence-electron chi connectivity index (χ3n) is 3.83. The second-order valence-electron chi connectivity index (χ2n) is 6.13. The highest BCUT2D eigenvalue weighted by molar-refractivity contribution is 6.34. The van der Waals surface area contributed by atoms with Gasteiger partial charge in [0.1, 0.15) is 0 Å². The van der Waals surface area contributed by atoms with E-state index in [-0.39, 0.29) is 5.91 Å². The van der Waals surface area contributed by atoms with Crippen LogP contribution in [-0.2, 0) is 4.79 Å². The number of amides is 1. The highest BCUT2D eigenvalue weighted by Gasteiger charge is 2.23. The number of carbonyl (C=O) groups excluding carboxylic acids is 1. The van der Waals surface area contributed by atoms with E-state index in [9.17, 15) is 4.79 Å². The lowest BCUT2D eigenvalue weighted by Crippen LogP contribution is -2.30. The molecule has 1 saturated carbocycles. The van der Waals surface area contributed by atoms with Crippen LogP contribution in [0, 0.1) is 11.8 Å². The molecule has 0 radical (unpaired) electrons. The summed E-state index contributed by atoms with van der Waals surface area (Å²) in [5.41, 5.74) is 1.69. The normalized spacial score (nSPS) is 26.1. The second-order valence-corrected chi connectivity index (χ2v) is 6.54. The third-order valence-corrected chi connectivity index (χ3v) is 4.14. The van der Waals surface area contributed by atoms with E-state index in [1.165, 1.54) is 26.2 Å². The van der Waals surface area contributed by atoms with E-state index in [4.69, 9.17) is 11.6 Å². The molecule has 1 amide bonds. The van der Waals surface area contributed by atoms with Crippen molar-refractivity contribution in [2.24, 2.45) is 11.8 Å². The van der Waals surface area contributed by atoms with Crippen molar-refractivity contribution in [1.82, 2.24) is 0 Å². The molecule has 1 aliphatic rings. The molecule has 2 N–H and O–H groups in total. The van der Waals surface area contributed by atoms with Crippen LogP contribution in [0.1, 0.15) is 40.0 Å². The molecule has 0 saturated heterocycles. The van der Waals surface area contributed by atoms with E-state index in [1.807, 2.05) is 18.2 Å². The van der Waals surface area contributed by atoms with Crippen LogP contribution in [0.2, 0.25) is 5.02 Å². The predicted molar refractivity (Wildman–Crippen MR) is 85.3 cm³/mol. The van der Waals surface area contributed by atoms with Crippen LogP contribution in [0.5, 0.6) is 0 Å². The molecular formula is C16H23ClN2O. The molecule has 1 aromatic carbocycles. The van der Waals surface area contributed by atoms with Gasteiger partial charge in [-0.05, 0) is 49.3 Å². The van der Waals surface area contributed by atoms with Gasteiger partial charge < -0.3 is 10.6 Å². The van der Waals surface area contributed by atoms with Gasteiger partial charge in [-0.1, -0.05) is 25.4 Å². The Kier molecular flexibility index (Phi) is 4.92. The molecule has 3 nitrogen and oxygen atoms in total. The summed E-state index contributed by atoms with van der Waals surface area (Å²) in [5, 5.41) is 6.86. The summed E-state index contributed by atoms with van der Waals surface area (Å²) >= 11 is 6.19. The van der Waals surface area contributed by atoms with Gasteiger partial charge >= 0.3 is 0 Å². The Labute approximate surface area is 126 Å². The molecule has 1 fully saturated rings. The highest BCUT2D eigenvalue weighted by atomic mass is 35.5. The minimum absolute atomic E-state index is 0.109. The van der Waals surface area contributed by atoms with Crippen molar-refractivity contribution in [3.05, 3.63) is 23.2 Å². The maximum atomic E-state index is 11.1. The number of anilines is 2. The molecule has 0 heterocycles. The SMILES string of the molecule is CC(=O)Nc1ccc(NC2CC(C)CC(C)C2)cc1Cl. The third kappa shape index (κ3) is 4.14. The molecule has 20 heavy (non-hydrogen) atoms. The molecule has 2 atom stereocenters. The Morgan fingerprint density at radius 1 is 1.20 bits per heavy atom. The fraction of sp³-hybridized carbons (Fsp3) is 0.562. The second kappa shape index (κ2) is 6.49. The van der Waals surface area contributed by atoms with Crippen LogP contribution in [0.25, 0.3) is 0 Å². The lowest BCUT2D eigenvalue weighted by atomic mass is 9.80. The number of carbonyl (C=O) groups is 1. The average molecular weight is 295 g/mol. The molecule has 0 aromatic heterocycles. The number of halogens is 1. The summed E-state index contributed by atoms with van der Waals surface area (Å²) in [6, 6.07) is 6.22. The molecule has 2 rings (SSSR count). The molecule has 1 aromatic rings. The van der Waals surface area contributed by atoms with Crippen LogP contribution < -0.4 is 10.6 Å². The first-order valence-electron chi connectivity index (χ1n) is 7.27. The van der Waals surface area contributed by atoms with E-state index < -0.39 is 0 Å². The molecule has 1 aliphatic carbocycles. The van der Waals surface area contributed by atoms with Crippen molar-refractivity contribution in [2.45, 2.75) is 46.1 Å². The van der Waals surface area contributed by atoms with Gasteiger partial charge in [-0.3, -0.25) is 4.79 Å². The molecule has 0 spiro atoms. The van der Waals surface area contributed by atoms with E-state index in [1.54, 1.807) is 0 Å². The van der Waals surface area contributed by atoms with Crippen LogP contribution in [0.3, 0.4) is 0 Å². The summed E-state index contributed by atoms with van der Waals surface area (Å²) in [6.07, 6.45) is 3.73. The Bertz CT molecular complexity index is 479. The molecule has 110 valence electrons. The molecule has 2 unspecified atom stereocenters. The first-order valence-corrected chi connectivity index (χ1v) is 7.65. The number of hydrogen-bond donors (Lipinski definition) is 2. The Morgan fingerprint density at radius 3 is 2.40 bits per heavy atom. The Morgan fingerprint density at radius 2 is 1.85 bits per heavy atom. The molecule has 0 bridgehead atoms. The standard InChI is InChI=1S/C16H23ClN2O/c1-10-6-11(2)8-14(7-10)19-13-4-5-16(15(17)9-13)18-12(3)20/h4-5,9-11,14,19H,6-8H2,1-3H3,(H,18,20). The molecular weight excluding hydrogens is 272 g/mol. The molecule has 4 heteroatoms. The van der Waals surface area contributed by atoms with E-state index in [0.717, 1.165) is 17.5 Å². The first-order chi connectivity index (χ1) is 9.44. The van der Waals surface area contributed by atoms with Gasteiger partial charge in [-0.2, -0.15) is 0 Å². The van der Waals surface area contributed by atoms with Gasteiger partial charge in [0.05, 0.1) is 10.7 Å². The Balaban J connectivity index is 2.03. The summed E-state index contributed by atoms with van der Waals surface area (Å²) < 4.78 is 0. The van der Waals surface area contributed by atoms with Gasteiger partial charge in [0.25, 0.3) is 0 Å². The number of benzene rings is 1. The van der Waals surface area contributed by atoms with E-state index >= 15 is 0 Å². The van der Waals surface area contributed by atoms with E-state index in [0.29, 0.717) is 16.8 Å². The van der Waals surface area contributed by atoms with Crippen molar-refractivity contribution < 1.29 is 4.79 Å². The van der Waals surface area contributed by atoms with Crippen LogP contribution in [-0.4, -0.2) is 11.9 Å². The first kappa shape index (κ1) is 15.2. The monoisotopic (exact) mass is 294 g/mol. The maximum Gasteiger partial charge on any atom is 0.221 e. The van der Waals surface area contributed by atoms with Crippen LogP contribution >= 0.6 is 11.6 Å². The lowest BCUT2D eigenvalue weighted by molar-refractivity contribution is -0.114. The maximum absolute atomic E-state index is 11.1. The van der Waals surface area contributed by atoms with Gasteiger partial charge in [0.2, 0.25) is 5.91 Å². The summed E-state index contributed by atoms with van der Waals surface area (Å²) in [7, 11) is 0. The number of nitrogens with one attached hydrogen (secondary N) is 2. The van der Waals surface area contributed by atoms with Crippen LogP contribution in [0.15, 0.2) is 18.2 Å². The molecule has 0 aliphatic heterocycles. The zero-order valence-corrected chi connectivity index (χ0v) is 13.1. The van der Waals surface area contributed by atoms with Gasteiger partial charge in [-0.25, -0.2) is 0 Å². The predicted octanol–water partition coefficient (Wildman–Crippen LogP) is 4.54. The van der Waals surface area contributed by atoms with Gasteiger partial charge in [0.15, 0.2) is 0 Å². The minimum Gasteiger partial charge on any atom is -0.382 e. The zero-order valence-electron chi connectivity index (χ0n) is 12.4. The largest absolute Gasteiger partial charge is 0.382 e. The topological polar surface area (TPSA) is 41.1 Å². The Hall–Kier alpha value is -1.22. The van der Waals surface area contributed by atoms with Crippen LogP contribution in [0.4, 0.5) is 11.4 Å². The summed E-state index contributed by atoms with van der Waals surface area (Å²) in [6.45, 7) is 6.11. The smallest absolute Gasteiger partial charge is 0.221 e. The van der Waals surface area contributed by atoms with E-state index in [2.05, 4.69) is 24.5 Å². The summed E-state index contributed by atoms with van der Waals surface area (Å²) in [4.78, 5) is 11.1. The fourth-order valence-corrected chi connectivity index (χ4v) is 3.42. The van der Waals surface area contributed by atoms with Crippen molar-refractivity contribution >= 4 is 28.9 Å². The average Bonchev–Trinajstić information content (AvgIpc) is 2.31. The fourth-order valence-electron chi connectivity index (χ4n) is 3.20. The zero-order chi connectivity index (χ0) is 14.7. The quantitative estimate of drug-likeness (QED) is 0.859. The van der Waals surface area contributed by atoms with Gasteiger partial charge in [-0.15, -0.1) is 0 Å². The van der Waals surface area contributed by atoms with Crippen molar-refractivity contribution in [1.29, 1.82) is 0 Å². The van der Waals surface area contributed by atoms with Crippen molar-refractivity contribution in [3.63, 3.8) is 0 Å². The van der Waals surface area contributed by atoms with Gasteiger partial charge in [0, 0.05) is 18.7 Å². The number of rotatable bonds is 3. The minimum atomic E-state index is -0.109. The lowest BCUT2D eigenvalue weighted by Gasteiger charge is -2.32. The highest BCUT2D eigenvalue weighted by Crippen LogP contribution is 2.32.